The third-order valence-corrected chi connectivity index (χ3v) is 5.03. The number of allylic oxidation sites excluding steroid dienone is 3. The fraction of sp³-hybridized carbons (Fsp3) is 0.409. The average Bonchev–Trinajstić information content (AvgIpc) is 2.93. The molecule has 0 spiro atoms. The van der Waals surface area contributed by atoms with Gasteiger partial charge in [0, 0.05) is 23.4 Å². The van der Waals surface area contributed by atoms with Crippen LogP contribution in [0.15, 0.2) is 60.7 Å². The Hall–Kier alpha value is -2.12. The van der Waals surface area contributed by atoms with Crippen LogP contribution in [0.2, 0.25) is 5.02 Å². The summed E-state index contributed by atoms with van der Waals surface area (Å²) in [6.45, 7) is 0.0443. The van der Waals surface area contributed by atoms with E-state index in [-0.39, 0.29) is 24.9 Å². The molecule has 2 rings (SSSR count). The minimum atomic E-state index is -0.990. The number of halogens is 1. The monoisotopic (exact) mass is 422 g/mol. The van der Waals surface area contributed by atoms with Gasteiger partial charge in [-0.05, 0) is 37.0 Å². The van der Waals surface area contributed by atoms with E-state index in [4.69, 9.17) is 21.4 Å². The van der Waals surface area contributed by atoms with Crippen molar-refractivity contribution in [3.63, 3.8) is 0 Å². The number of carboxylic acids is 1. The van der Waals surface area contributed by atoms with Crippen LogP contribution in [0.4, 0.5) is 0 Å². The lowest BCUT2D eigenvalue weighted by Gasteiger charge is -2.19. The van der Waals surface area contributed by atoms with Crippen LogP contribution in [0.1, 0.15) is 19.3 Å². The van der Waals surface area contributed by atoms with Gasteiger partial charge in [-0.3, -0.25) is 0 Å². The molecule has 29 heavy (non-hydrogen) atoms. The Labute approximate surface area is 175 Å². The van der Waals surface area contributed by atoms with E-state index in [0.717, 1.165) is 6.08 Å². The van der Waals surface area contributed by atoms with Gasteiger partial charge in [-0.2, -0.15) is 0 Å². The molecule has 158 valence electrons. The van der Waals surface area contributed by atoms with Crippen LogP contribution in [0.5, 0.6) is 5.75 Å². The molecule has 5 atom stereocenters. The van der Waals surface area contributed by atoms with Gasteiger partial charge in [0.25, 0.3) is 0 Å². The van der Waals surface area contributed by atoms with Gasteiger partial charge < -0.3 is 25.2 Å². The highest BCUT2D eigenvalue weighted by Crippen LogP contribution is 2.36. The van der Waals surface area contributed by atoms with Crippen molar-refractivity contribution < 1.29 is 30.0 Å². The summed E-state index contributed by atoms with van der Waals surface area (Å²) in [4.78, 5) is 10.4. The van der Waals surface area contributed by atoms with Crippen molar-refractivity contribution >= 4 is 17.6 Å². The van der Waals surface area contributed by atoms with Crippen LogP contribution in [0.25, 0.3) is 0 Å². The third-order valence-electron chi connectivity index (χ3n) is 4.80. The van der Waals surface area contributed by atoms with Crippen molar-refractivity contribution in [1.82, 2.24) is 0 Å². The molecule has 1 fully saturated rings. The highest BCUT2D eigenvalue weighted by atomic mass is 35.5. The molecular weight excluding hydrogens is 396 g/mol. The van der Waals surface area contributed by atoms with E-state index in [9.17, 15) is 20.1 Å². The van der Waals surface area contributed by atoms with Crippen molar-refractivity contribution in [3.8, 4) is 5.75 Å². The zero-order valence-corrected chi connectivity index (χ0v) is 16.7. The van der Waals surface area contributed by atoms with Crippen molar-refractivity contribution in [2.24, 2.45) is 11.8 Å². The molecule has 3 unspecified atom stereocenters. The van der Waals surface area contributed by atoms with Crippen LogP contribution in [0.3, 0.4) is 0 Å². The predicted octanol–water partition coefficient (Wildman–Crippen LogP) is 2.97. The molecule has 0 radical (unpaired) electrons. The maximum absolute atomic E-state index is 10.4. The van der Waals surface area contributed by atoms with E-state index >= 15 is 0 Å². The van der Waals surface area contributed by atoms with Gasteiger partial charge in [-0.1, -0.05) is 48.0 Å². The molecule has 0 saturated heterocycles. The maximum Gasteiger partial charge on any atom is 0.327 e. The van der Waals surface area contributed by atoms with Gasteiger partial charge in [0.05, 0.1) is 12.2 Å². The Morgan fingerprint density at radius 1 is 1.24 bits per heavy atom. The Morgan fingerprint density at radius 2 is 2.03 bits per heavy atom. The summed E-state index contributed by atoms with van der Waals surface area (Å²) < 4.78 is 5.50. The van der Waals surface area contributed by atoms with Crippen molar-refractivity contribution in [2.75, 3.05) is 6.61 Å². The van der Waals surface area contributed by atoms with Gasteiger partial charge in [0.1, 0.15) is 18.5 Å². The second-order valence-corrected chi connectivity index (χ2v) is 7.45. The third kappa shape index (κ3) is 8.03. The van der Waals surface area contributed by atoms with E-state index < -0.39 is 24.3 Å². The molecule has 1 saturated carbocycles. The number of hydrogen-bond acceptors (Lipinski definition) is 5. The van der Waals surface area contributed by atoms with E-state index in [1.54, 1.807) is 36.4 Å². The molecule has 1 aromatic carbocycles. The standard InChI is InChI=1S/C22H27ClO6/c23-15-6-5-7-17(12-15)29-14-16(24)10-11-19-18(20(25)13-21(19)26)8-3-1-2-4-9-22(27)28/h1,3-7,9-12,16,18-21,24-26H,2,8,13-14H2,(H,27,28)/t16-,18?,19-,20?,21?/m1/s1. The van der Waals surface area contributed by atoms with Gasteiger partial charge in [0.15, 0.2) is 0 Å². The molecule has 6 nitrogen and oxygen atoms in total. The molecule has 1 aliphatic carbocycles. The van der Waals surface area contributed by atoms with Crippen LogP contribution >= 0.6 is 11.6 Å². The quantitative estimate of drug-likeness (QED) is 0.341. The minimum absolute atomic E-state index is 0.0443. The van der Waals surface area contributed by atoms with Crippen LogP contribution < -0.4 is 4.74 Å². The second-order valence-electron chi connectivity index (χ2n) is 7.02. The Morgan fingerprint density at radius 3 is 2.76 bits per heavy atom. The Balaban J connectivity index is 1.86. The molecule has 0 aliphatic heterocycles. The van der Waals surface area contributed by atoms with E-state index in [1.165, 1.54) is 6.08 Å². The molecule has 4 N–H and O–H groups in total. The summed E-state index contributed by atoms with van der Waals surface area (Å²) in [5, 5.41) is 39.7. The Kier molecular flexibility index (Phi) is 9.41. The van der Waals surface area contributed by atoms with Gasteiger partial charge in [-0.25, -0.2) is 4.79 Å². The van der Waals surface area contributed by atoms with Crippen LogP contribution in [-0.2, 0) is 4.79 Å². The van der Waals surface area contributed by atoms with E-state index in [0.29, 0.717) is 23.6 Å². The molecular formula is C22H27ClO6. The first-order chi connectivity index (χ1) is 13.9. The fourth-order valence-electron chi connectivity index (χ4n) is 3.35. The maximum atomic E-state index is 10.4. The molecule has 0 bridgehead atoms. The Bertz CT molecular complexity index is 745. The highest BCUT2D eigenvalue weighted by molar-refractivity contribution is 6.30. The highest BCUT2D eigenvalue weighted by Gasteiger charge is 2.39. The number of aliphatic carboxylic acids is 1. The first-order valence-corrected chi connectivity index (χ1v) is 9.90. The molecule has 0 aromatic heterocycles. The molecule has 0 amide bonds. The van der Waals surface area contributed by atoms with Crippen molar-refractivity contribution in [2.45, 2.75) is 37.6 Å². The number of hydrogen-bond donors (Lipinski definition) is 4. The predicted molar refractivity (Wildman–Crippen MR) is 111 cm³/mol. The van der Waals surface area contributed by atoms with E-state index in [1.807, 2.05) is 12.2 Å². The number of carbonyl (C=O) groups is 1. The second kappa shape index (κ2) is 11.8. The molecule has 0 heterocycles. The van der Waals surface area contributed by atoms with E-state index in [2.05, 4.69) is 0 Å². The molecule has 7 heteroatoms. The number of benzene rings is 1. The molecule has 1 aliphatic rings. The number of carboxylic acid groups (broad SMARTS) is 1. The summed E-state index contributed by atoms with van der Waals surface area (Å²) >= 11 is 5.89. The lowest BCUT2D eigenvalue weighted by molar-refractivity contribution is -0.131. The normalized spacial score (nSPS) is 25.9. The summed E-state index contributed by atoms with van der Waals surface area (Å²) in [6.07, 6.45) is 8.73. The molecule has 1 aromatic rings. The zero-order valence-electron chi connectivity index (χ0n) is 16.0. The summed E-state index contributed by atoms with van der Waals surface area (Å²) in [7, 11) is 0. The number of aliphatic hydroxyl groups is 3. The number of ether oxygens (including phenoxy) is 1. The number of aliphatic hydroxyl groups excluding tert-OH is 3. The summed E-state index contributed by atoms with van der Waals surface area (Å²) in [5.74, 6) is -0.899. The lowest BCUT2D eigenvalue weighted by atomic mass is 9.89. The van der Waals surface area contributed by atoms with Gasteiger partial charge in [-0.15, -0.1) is 0 Å². The zero-order chi connectivity index (χ0) is 21.2. The first kappa shape index (κ1) is 23.2. The minimum Gasteiger partial charge on any atom is -0.491 e. The SMILES string of the molecule is O=C(O)C=CCC=CCC1C(O)CC(O)[C@@H]1C=C[C@@H](O)COc1cccc(Cl)c1. The first-order valence-electron chi connectivity index (χ1n) is 9.52. The van der Waals surface area contributed by atoms with Crippen LogP contribution in [0, 0.1) is 11.8 Å². The largest absolute Gasteiger partial charge is 0.491 e. The summed E-state index contributed by atoms with van der Waals surface area (Å²) in [6, 6.07) is 6.89. The smallest absolute Gasteiger partial charge is 0.327 e. The van der Waals surface area contributed by atoms with Gasteiger partial charge >= 0.3 is 5.97 Å². The summed E-state index contributed by atoms with van der Waals surface area (Å²) in [5.41, 5.74) is 0. The van der Waals surface area contributed by atoms with Crippen molar-refractivity contribution in [3.05, 3.63) is 65.7 Å². The number of rotatable bonds is 10. The van der Waals surface area contributed by atoms with Gasteiger partial charge in [0.2, 0.25) is 0 Å². The van der Waals surface area contributed by atoms with Crippen LogP contribution in [-0.4, -0.2) is 51.3 Å². The fourth-order valence-corrected chi connectivity index (χ4v) is 3.53. The lowest BCUT2D eigenvalue weighted by Crippen LogP contribution is -2.21. The topological polar surface area (TPSA) is 107 Å². The van der Waals surface area contributed by atoms with Crippen molar-refractivity contribution in [1.29, 1.82) is 0 Å². The average molecular weight is 423 g/mol.